The Balaban J connectivity index is 1.67. The van der Waals surface area contributed by atoms with Crippen LogP contribution in [0.25, 0.3) is 11.3 Å². The van der Waals surface area contributed by atoms with Gasteiger partial charge in [0, 0.05) is 17.5 Å². The maximum Gasteiger partial charge on any atom is 0.257 e. The van der Waals surface area contributed by atoms with Crippen molar-refractivity contribution in [2.75, 3.05) is 19.5 Å². The molecule has 6 heteroatoms. The van der Waals surface area contributed by atoms with Gasteiger partial charge in [-0.2, -0.15) is 0 Å². The van der Waals surface area contributed by atoms with Crippen molar-refractivity contribution in [3.8, 4) is 22.8 Å². The van der Waals surface area contributed by atoms with E-state index in [1.54, 1.807) is 44.7 Å². The van der Waals surface area contributed by atoms with E-state index in [1.165, 1.54) is 0 Å². The van der Waals surface area contributed by atoms with Gasteiger partial charge in [0.25, 0.3) is 5.91 Å². The molecule has 0 saturated heterocycles. The van der Waals surface area contributed by atoms with E-state index in [1.807, 2.05) is 54.6 Å². The third-order valence-electron chi connectivity index (χ3n) is 5.01. The summed E-state index contributed by atoms with van der Waals surface area (Å²) in [6.45, 7) is 0. The molecule has 1 heterocycles. The van der Waals surface area contributed by atoms with Crippen molar-refractivity contribution < 1.29 is 14.3 Å². The molecule has 0 aliphatic carbocycles. The number of ether oxygens (including phenoxy) is 2. The highest BCUT2D eigenvalue weighted by Crippen LogP contribution is 2.24. The monoisotopic (exact) mass is 425 g/mol. The van der Waals surface area contributed by atoms with E-state index in [4.69, 9.17) is 14.5 Å². The molecule has 0 radical (unpaired) electrons. The molecule has 3 aromatic carbocycles. The third kappa shape index (κ3) is 4.92. The largest absolute Gasteiger partial charge is 0.497 e. The smallest absolute Gasteiger partial charge is 0.257 e. The predicted octanol–water partition coefficient (Wildman–Crippen LogP) is 5.00. The summed E-state index contributed by atoms with van der Waals surface area (Å²) in [5, 5.41) is 2.91. The van der Waals surface area contributed by atoms with E-state index in [2.05, 4.69) is 10.3 Å². The van der Waals surface area contributed by atoms with Gasteiger partial charge >= 0.3 is 0 Å². The molecule has 0 aliphatic heterocycles. The molecule has 0 unspecified atom stereocenters. The fourth-order valence-corrected chi connectivity index (χ4v) is 3.29. The molecule has 0 spiro atoms. The number of amides is 1. The number of nitrogens with zero attached hydrogens (tertiary/aromatic N) is 2. The Morgan fingerprint density at radius 2 is 1.62 bits per heavy atom. The van der Waals surface area contributed by atoms with Crippen molar-refractivity contribution in [2.45, 2.75) is 6.42 Å². The van der Waals surface area contributed by atoms with Crippen LogP contribution in [0.3, 0.4) is 0 Å². The van der Waals surface area contributed by atoms with Gasteiger partial charge in [-0.05, 0) is 48.0 Å². The SMILES string of the molecule is COc1ccc(-c2cnc(NC(=O)c3cccc(OC)c3)c(Cc3ccccc3)n2)cc1. The first-order chi connectivity index (χ1) is 15.7. The third-order valence-corrected chi connectivity index (χ3v) is 5.01. The van der Waals surface area contributed by atoms with E-state index in [0.29, 0.717) is 29.2 Å². The summed E-state index contributed by atoms with van der Waals surface area (Å²) in [5.41, 5.74) is 3.87. The zero-order valence-electron chi connectivity index (χ0n) is 17.9. The number of anilines is 1. The van der Waals surface area contributed by atoms with E-state index in [9.17, 15) is 4.79 Å². The van der Waals surface area contributed by atoms with Gasteiger partial charge in [-0.15, -0.1) is 0 Å². The van der Waals surface area contributed by atoms with E-state index < -0.39 is 0 Å². The van der Waals surface area contributed by atoms with Crippen LogP contribution < -0.4 is 14.8 Å². The Hall–Kier alpha value is -4.19. The summed E-state index contributed by atoms with van der Waals surface area (Å²) >= 11 is 0. The number of nitrogens with one attached hydrogen (secondary N) is 1. The number of aromatic nitrogens is 2. The molecule has 32 heavy (non-hydrogen) atoms. The quantitative estimate of drug-likeness (QED) is 0.451. The average Bonchev–Trinajstić information content (AvgIpc) is 2.85. The van der Waals surface area contributed by atoms with Crippen molar-refractivity contribution in [1.29, 1.82) is 0 Å². The number of rotatable bonds is 7. The second-order valence-electron chi connectivity index (χ2n) is 7.13. The predicted molar refractivity (Wildman–Crippen MR) is 124 cm³/mol. The molecule has 0 atom stereocenters. The van der Waals surface area contributed by atoms with Crippen LogP contribution >= 0.6 is 0 Å². The first-order valence-corrected chi connectivity index (χ1v) is 10.2. The van der Waals surface area contributed by atoms with Crippen molar-refractivity contribution >= 4 is 11.7 Å². The standard InChI is InChI=1S/C26H23N3O3/c1-31-21-13-11-19(12-14-21)24-17-27-25(23(28-24)15-18-7-4-3-5-8-18)29-26(30)20-9-6-10-22(16-20)32-2/h3-14,16-17H,15H2,1-2H3,(H,27,29,30). The number of hydrogen-bond acceptors (Lipinski definition) is 5. The summed E-state index contributed by atoms with van der Waals surface area (Å²) in [7, 11) is 3.20. The molecule has 0 fully saturated rings. The molecule has 4 rings (SSSR count). The van der Waals surface area contributed by atoms with E-state index in [0.717, 1.165) is 22.6 Å². The molecular weight excluding hydrogens is 402 g/mol. The summed E-state index contributed by atoms with van der Waals surface area (Å²) in [6, 6.07) is 24.6. The zero-order chi connectivity index (χ0) is 22.3. The van der Waals surface area contributed by atoms with Crippen LogP contribution in [0, 0.1) is 0 Å². The topological polar surface area (TPSA) is 73.3 Å². The minimum atomic E-state index is -0.273. The fraction of sp³-hybridized carbons (Fsp3) is 0.115. The molecule has 0 aliphatic rings. The van der Waals surface area contributed by atoms with Gasteiger partial charge in [-0.25, -0.2) is 9.97 Å². The number of benzene rings is 3. The Morgan fingerprint density at radius 1 is 0.875 bits per heavy atom. The number of carbonyl (C=O) groups excluding carboxylic acids is 1. The summed E-state index contributed by atoms with van der Waals surface area (Å²) in [5.74, 6) is 1.54. The Morgan fingerprint density at radius 3 is 2.34 bits per heavy atom. The molecule has 4 aromatic rings. The molecular formula is C26H23N3O3. The lowest BCUT2D eigenvalue weighted by Gasteiger charge is -2.12. The Bertz CT molecular complexity index is 1210. The van der Waals surface area contributed by atoms with Gasteiger partial charge in [0.15, 0.2) is 5.82 Å². The number of hydrogen-bond donors (Lipinski definition) is 1. The molecule has 160 valence electrons. The van der Waals surface area contributed by atoms with Gasteiger partial charge in [0.1, 0.15) is 11.5 Å². The van der Waals surface area contributed by atoms with Crippen LogP contribution in [0.5, 0.6) is 11.5 Å². The van der Waals surface area contributed by atoms with E-state index >= 15 is 0 Å². The van der Waals surface area contributed by atoms with Crippen LogP contribution in [0.2, 0.25) is 0 Å². The van der Waals surface area contributed by atoms with Gasteiger partial charge in [0.2, 0.25) is 0 Å². The van der Waals surface area contributed by atoms with Gasteiger partial charge in [-0.3, -0.25) is 4.79 Å². The lowest BCUT2D eigenvalue weighted by Crippen LogP contribution is -2.16. The van der Waals surface area contributed by atoms with Crippen LogP contribution in [0.15, 0.2) is 85.1 Å². The molecule has 1 N–H and O–H groups in total. The first kappa shape index (κ1) is 21.1. The van der Waals surface area contributed by atoms with Crippen LogP contribution in [0.4, 0.5) is 5.82 Å². The summed E-state index contributed by atoms with van der Waals surface area (Å²) < 4.78 is 10.5. The van der Waals surface area contributed by atoms with Gasteiger partial charge in [-0.1, -0.05) is 36.4 Å². The van der Waals surface area contributed by atoms with Crippen molar-refractivity contribution in [2.24, 2.45) is 0 Å². The van der Waals surface area contributed by atoms with Gasteiger partial charge in [0.05, 0.1) is 31.8 Å². The minimum Gasteiger partial charge on any atom is -0.497 e. The molecule has 0 bridgehead atoms. The van der Waals surface area contributed by atoms with Crippen LogP contribution in [-0.2, 0) is 6.42 Å². The van der Waals surface area contributed by atoms with Crippen molar-refractivity contribution in [3.63, 3.8) is 0 Å². The Kier molecular flexibility index (Phi) is 6.41. The van der Waals surface area contributed by atoms with Crippen molar-refractivity contribution in [1.82, 2.24) is 9.97 Å². The second kappa shape index (κ2) is 9.75. The first-order valence-electron chi connectivity index (χ1n) is 10.2. The Labute approximate surface area is 186 Å². The van der Waals surface area contributed by atoms with Gasteiger partial charge < -0.3 is 14.8 Å². The summed E-state index contributed by atoms with van der Waals surface area (Å²) in [6.07, 6.45) is 2.20. The lowest BCUT2D eigenvalue weighted by molar-refractivity contribution is 0.102. The maximum absolute atomic E-state index is 12.9. The normalized spacial score (nSPS) is 10.4. The highest BCUT2D eigenvalue weighted by Gasteiger charge is 2.15. The molecule has 1 amide bonds. The van der Waals surface area contributed by atoms with E-state index in [-0.39, 0.29) is 5.91 Å². The second-order valence-corrected chi connectivity index (χ2v) is 7.13. The van der Waals surface area contributed by atoms with Crippen LogP contribution in [-0.4, -0.2) is 30.1 Å². The highest BCUT2D eigenvalue weighted by molar-refractivity contribution is 6.04. The maximum atomic E-state index is 12.9. The summed E-state index contributed by atoms with van der Waals surface area (Å²) in [4.78, 5) is 22.2. The number of methoxy groups -OCH3 is 2. The van der Waals surface area contributed by atoms with Crippen molar-refractivity contribution in [3.05, 3.63) is 102 Å². The zero-order valence-corrected chi connectivity index (χ0v) is 17.9. The molecule has 6 nitrogen and oxygen atoms in total. The lowest BCUT2D eigenvalue weighted by atomic mass is 10.1. The fourth-order valence-electron chi connectivity index (χ4n) is 3.29. The van der Waals surface area contributed by atoms with Crippen LogP contribution in [0.1, 0.15) is 21.6 Å². The molecule has 1 aromatic heterocycles. The highest BCUT2D eigenvalue weighted by atomic mass is 16.5. The molecule has 0 saturated carbocycles. The minimum absolute atomic E-state index is 0.273. The number of carbonyl (C=O) groups is 1. The average molecular weight is 425 g/mol.